The van der Waals surface area contributed by atoms with Gasteiger partial charge in [-0.1, -0.05) is 0 Å². The molecule has 2 aliphatic heterocycles. The zero-order valence-corrected chi connectivity index (χ0v) is 15.6. The summed E-state index contributed by atoms with van der Waals surface area (Å²) in [4.78, 5) is 43.7. The number of amides is 3. The Morgan fingerprint density at radius 1 is 0.963 bits per heavy atom. The van der Waals surface area contributed by atoms with Gasteiger partial charge < -0.3 is 23.9 Å². The first-order chi connectivity index (χ1) is 13.1. The number of carbonyl (C=O) groups is 3. The highest BCUT2D eigenvalue weighted by Crippen LogP contribution is 2.10. The second-order valence-electron chi connectivity index (χ2n) is 6.61. The highest BCUT2D eigenvalue weighted by molar-refractivity contribution is 5.91. The Bertz CT molecular complexity index is 647. The molecule has 3 rings (SSSR count). The number of carbonyl (C=O) groups excluding carboxylic acids is 3. The van der Waals surface area contributed by atoms with E-state index in [9.17, 15) is 14.4 Å². The van der Waals surface area contributed by atoms with Crippen molar-refractivity contribution >= 4 is 17.9 Å². The molecule has 1 aromatic heterocycles. The average Bonchev–Trinajstić information content (AvgIpc) is 3.23. The molecule has 2 fully saturated rings. The average molecular weight is 378 g/mol. The summed E-state index contributed by atoms with van der Waals surface area (Å²) < 4.78 is 10.1. The monoisotopic (exact) mass is 378 g/mol. The Morgan fingerprint density at radius 2 is 1.59 bits per heavy atom. The highest BCUT2D eigenvalue weighted by atomic mass is 16.6. The van der Waals surface area contributed by atoms with E-state index in [-0.39, 0.29) is 17.9 Å². The Morgan fingerprint density at radius 3 is 2.19 bits per heavy atom. The van der Waals surface area contributed by atoms with Crippen LogP contribution in [0.1, 0.15) is 17.5 Å². The Hall–Kier alpha value is -2.55. The summed E-state index contributed by atoms with van der Waals surface area (Å²) in [5.74, 6) is 0.296. The van der Waals surface area contributed by atoms with Gasteiger partial charge in [0.1, 0.15) is 0 Å². The number of rotatable bonds is 4. The van der Waals surface area contributed by atoms with Crippen LogP contribution in [0, 0.1) is 0 Å². The largest absolute Gasteiger partial charge is 0.459 e. The molecule has 27 heavy (non-hydrogen) atoms. The zero-order chi connectivity index (χ0) is 19.2. The molecule has 148 valence electrons. The van der Waals surface area contributed by atoms with E-state index in [0.717, 1.165) is 0 Å². The maximum Gasteiger partial charge on any atom is 0.409 e. The number of nitrogens with zero attached hydrogens (tertiary/aromatic N) is 4. The predicted octanol–water partition coefficient (Wildman–Crippen LogP) is 0.338. The molecule has 2 aliphatic rings. The molecule has 0 atom stereocenters. The molecule has 0 aliphatic carbocycles. The van der Waals surface area contributed by atoms with Crippen molar-refractivity contribution in [1.82, 2.24) is 19.6 Å². The van der Waals surface area contributed by atoms with Crippen LogP contribution >= 0.6 is 0 Å². The van der Waals surface area contributed by atoms with Crippen LogP contribution in [-0.4, -0.2) is 103 Å². The first-order valence-electron chi connectivity index (χ1n) is 9.33. The van der Waals surface area contributed by atoms with Crippen LogP contribution in [-0.2, 0) is 9.53 Å². The van der Waals surface area contributed by atoms with Gasteiger partial charge in [0, 0.05) is 52.4 Å². The molecular formula is C18H26N4O5. The van der Waals surface area contributed by atoms with Crippen molar-refractivity contribution in [2.75, 3.05) is 65.5 Å². The van der Waals surface area contributed by atoms with Crippen molar-refractivity contribution < 1.29 is 23.5 Å². The van der Waals surface area contributed by atoms with E-state index in [4.69, 9.17) is 9.15 Å². The predicted molar refractivity (Wildman–Crippen MR) is 96.2 cm³/mol. The van der Waals surface area contributed by atoms with Gasteiger partial charge in [-0.2, -0.15) is 0 Å². The number of hydrogen-bond acceptors (Lipinski definition) is 6. The van der Waals surface area contributed by atoms with Crippen LogP contribution in [0.4, 0.5) is 4.79 Å². The van der Waals surface area contributed by atoms with E-state index in [1.54, 1.807) is 33.8 Å². The summed E-state index contributed by atoms with van der Waals surface area (Å²) in [7, 11) is 0. The van der Waals surface area contributed by atoms with Gasteiger partial charge in [-0.3, -0.25) is 14.5 Å². The molecule has 0 saturated carbocycles. The minimum Gasteiger partial charge on any atom is -0.459 e. The van der Waals surface area contributed by atoms with Gasteiger partial charge in [0.25, 0.3) is 5.91 Å². The lowest BCUT2D eigenvalue weighted by molar-refractivity contribution is -0.134. The van der Waals surface area contributed by atoms with Crippen LogP contribution in [0.25, 0.3) is 0 Å². The van der Waals surface area contributed by atoms with Gasteiger partial charge >= 0.3 is 6.09 Å². The summed E-state index contributed by atoms with van der Waals surface area (Å²) in [6.07, 6.45) is 1.17. The molecule has 0 aromatic carbocycles. The Labute approximate surface area is 158 Å². The fourth-order valence-corrected chi connectivity index (χ4v) is 3.31. The number of piperazine rings is 2. The third-order valence-electron chi connectivity index (χ3n) is 4.91. The van der Waals surface area contributed by atoms with E-state index in [1.165, 1.54) is 6.26 Å². The molecule has 9 heteroatoms. The first kappa shape index (κ1) is 19.2. The zero-order valence-electron chi connectivity index (χ0n) is 15.6. The Kier molecular flexibility index (Phi) is 6.33. The second-order valence-corrected chi connectivity index (χ2v) is 6.61. The number of furan rings is 1. The van der Waals surface area contributed by atoms with Gasteiger partial charge in [-0.15, -0.1) is 0 Å². The Balaban J connectivity index is 1.40. The molecule has 0 radical (unpaired) electrons. The summed E-state index contributed by atoms with van der Waals surface area (Å²) >= 11 is 0. The smallest absolute Gasteiger partial charge is 0.409 e. The SMILES string of the molecule is CCOC(=O)N1CCN(C(=O)CN2CCN(C(=O)c3ccco3)CC2)CC1. The summed E-state index contributed by atoms with van der Waals surface area (Å²) in [5.41, 5.74) is 0. The first-order valence-corrected chi connectivity index (χ1v) is 9.33. The van der Waals surface area contributed by atoms with Gasteiger partial charge in [0.15, 0.2) is 5.76 Å². The molecule has 2 saturated heterocycles. The summed E-state index contributed by atoms with van der Waals surface area (Å²) in [6.45, 7) is 6.96. The second kappa shape index (κ2) is 8.90. The van der Waals surface area contributed by atoms with E-state index < -0.39 is 0 Å². The fourth-order valence-electron chi connectivity index (χ4n) is 3.31. The minimum atomic E-state index is -0.318. The topological polar surface area (TPSA) is 86.5 Å². The third-order valence-corrected chi connectivity index (χ3v) is 4.91. The van der Waals surface area contributed by atoms with E-state index >= 15 is 0 Å². The minimum absolute atomic E-state index is 0.0596. The van der Waals surface area contributed by atoms with Crippen molar-refractivity contribution in [1.29, 1.82) is 0 Å². The van der Waals surface area contributed by atoms with Gasteiger partial charge in [-0.05, 0) is 19.1 Å². The van der Waals surface area contributed by atoms with Crippen molar-refractivity contribution in [3.63, 3.8) is 0 Å². The highest BCUT2D eigenvalue weighted by Gasteiger charge is 2.28. The molecule has 3 amide bonds. The molecule has 0 N–H and O–H groups in total. The molecule has 0 spiro atoms. The maximum absolute atomic E-state index is 12.5. The molecule has 0 unspecified atom stereocenters. The summed E-state index contributed by atoms with van der Waals surface area (Å²) in [5, 5.41) is 0. The maximum atomic E-state index is 12.5. The summed E-state index contributed by atoms with van der Waals surface area (Å²) in [6, 6.07) is 3.36. The van der Waals surface area contributed by atoms with E-state index in [1.807, 2.05) is 0 Å². The van der Waals surface area contributed by atoms with Crippen molar-refractivity contribution in [3.8, 4) is 0 Å². The van der Waals surface area contributed by atoms with Gasteiger partial charge in [0.05, 0.1) is 19.4 Å². The van der Waals surface area contributed by atoms with Crippen LogP contribution in [0.3, 0.4) is 0 Å². The molecular weight excluding hydrogens is 352 g/mol. The molecule has 9 nitrogen and oxygen atoms in total. The normalized spacial score (nSPS) is 18.5. The molecule has 3 heterocycles. The van der Waals surface area contributed by atoms with Crippen LogP contribution in [0.15, 0.2) is 22.8 Å². The standard InChI is InChI=1S/C18H26N4O5/c1-2-26-18(25)22-11-9-20(10-12-22)16(23)14-19-5-7-21(8-6-19)17(24)15-4-3-13-27-15/h3-4,13H,2,5-12,14H2,1H3. The lowest BCUT2D eigenvalue weighted by atomic mass is 10.2. The third kappa shape index (κ3) is 4.79. The van der Waals surface area contributed by atoms with Crippen molar-refractivity contribution in [3.05, 3.63) is 24.2 Å². The van der Waals surface area contributed by atoms with Crippen molar-refractivity contribution in [2.45, 2.75) is 6.92 Å². The van der Waals surface area contributed by atoms with Gasteiger partial charge in [0.2, 0.25) is 5.91 Å². The van der Waals surface area contributed by atoms with Crippen LogP contribution < -0.4 is 0 Å². The number of ether oxygens (including phenoxy) is 1. The van der Waals surface area contributed by atoms with Crippen molar-refractivity contribution in [2.24, 2.45) is 0 Å². The molecule has 0 bridgehead atoms. The fraction of sp³-hybridized carbons (Fsp3) is 0.611. The lowest BCUT2D eigenvalue weighted by Gasteiger charge is -2.37. The lowest BCUT2D eigenvalue weighted by Crippen LogP contribution is -2.55. The number of hydrogen-bond donors (Lipinski definition) is 0. The molecule has 1 aromatic rings. The van der Waals surface area contributed by atoms with E-state index in [2.05, 4.69) is 4.90 Å². The van der Waals surface area contributed by atoms with Crippen LogP contribution in [0.5, 0.6) is 0 Å². The quantitative estimate of drug-likeness (QED) is 0.751. The van der Waals surface area contributed by atoms with Gasteiger partial charge in [-0.25, -0.2) is 4.79 Å². The van der Waals surface area contributed by atoms with Crippen LogP contribution in [0.2, 0.25) is 0 Å². The van der Waals surface area contributed by atoms with E-state index in [0.29, 0.717) is 71.3 Å².